The number of carbonyl (C=O) groups is 1. The lowest BCUT2D eigenvalue weighted by atomic mass is 9.81. The van der Waals surface area contributed by atoms with E-state index in [-0.39, 0.29) is 28.7 Å². The quantitative estimate of drug-likeness (QED) is 0.888. The second kappa shape index (κ2) is 6.92. The van der Waals surface area contributed by atoms with Gasteiger partial charge in [0.05, 0.1) is 11.7 Å². The first-order valence-corrected chi connectivity index (χ1v) is 9.06. The molecule has 6 nitrogen and oxygen atoms in total. The van der Waals surface area contributed by atoms with Crippen LogP contribution >= 0.6 is 0 Å². The third-order valence-electron chi connectivity index (χ3n) is 6.01. The first-order valence-electron chi connectivity index (χ1n) is 9.06. The second-order valence-electron chi connectivity index (χ2n) is 7.28. The molecule has 1 atom stereocenters. The number of ether oxygens (including phenoxy) is 2. The number of pyridine rings is 1. The molecule has 3 heterocycles. The summed E-state index contributed by atoms with van der Waals surface area (Å²) in [4.78, 5) is 29.9. The Bertz CT molecular complexity index is 717. The Morgan fingerprint density at radius 1 is 1.24 bits per heavy atom. The van der Waals surface area contributed by atoms with Gasteiger partial charge in [0.1, 0.15) is 5.56 Å². The van der Waals surface area contributed by atoms with Crippen molar-refractivity contribution >= 4 is 5.91 Å². The summed E-state index contributed by atoms with van der Waals surface area (Å²) in [6, 6.07) is 0. The lowest BCUT2D eigenvalue weighted by molar-refractivity contribution is -0.183. The maximum Gasteiger partial charge on any atom is 0.261 e. The smallest absolute Gasteiger partial charge is 0.261 e. The van der Waals surface area contributed by atoms with Crippen molar-refractivity contribution in [3.8, 4) is 0 Å². The molecule has 0 bridgehead atoms. The Kier molecular flexibility index (Phi) is 5.02. The number of nitrogens with one attached hydrogen (secondary N) is 1. The van der Waals surface area contributed by atoms with Gasteiger partial charge in [0.2, 0.25) is 0 Å². The molecule has 138 valence electrons. The van der Waals surface area contributed by atoms with Crippen LogP contribution < -0.4 is 5.56 Å². The molecule has 0 radical (unpaired) electrons. The third kappa shape index (κ3) is 3.13. The summed E-state index contributed by atoms with van der Waals surface area (Å²) in [5.41, 5.74) is 2.24. The van der Waals surface area contributed by atoms with Crippen LogP contribution in [0, 0.1) is 20.8 Å². The minimum absolute atomic E-state index is 0.0882. The average molecular weight is 348 g/mol. The molecule has 0 aromatic carbocycles. The molecule has 0 aliphatic carbocycles. The van der Waals surface area contributed by atoms with Crippen molar-refractivity contribution in [3.05, 3.63) is 32.7 Å². The van der Waals surface area contributed by atoms with Gasteiger partial charge in [-0.25, -0.2) is 0 Å². The molecular weight excluding hydrogens is 320 g/mol. The van der Waals surface area contributed by atoms with Gasteiger partial charge < -0.3 is 19.4 Å². The normalized spacial score (nSPS) is 23.0. The van der Waals surface area contributed by atoms with Crippen LogP contribution in [0.5, 0.6) is 0 Å². The van der Waals surface area contributed by atoms with Crippen LogP contribution in [0.2, 0.25) is 0 Å². The van der Waals surface area contributed by atoms with Crippen LogP contribution in [-0.4, -0.2) is 54.3 Å². The SMILES string of the molecule is COC1CCCOC12CCN(C(=O)c1c(C)c(C)c(C)[nH]c1=O)CC2. The number of amides is 1. The van der Waals surface area contributed by atoms with Crippen LogP contribution in [0.3, 0.4) is 0 Å². The molecule has 25 heavy (non-hydrogen) atoms. The molecule has 6 heteroatoms. The first kappa shape index (κ1) is 18.1. The van der Waals surface area contributed by atoms with E-state index in [1.54, 1.807) is 12.0 Å². The van der Waals surface area contributed by atoms with E-state index >= 15 is 0 Å². The molecule has 3 rings (SSSR count). The predicted octanol–water partition coefficient (Wildman–Crippen LogP) is 2.10. The van der Waals surface area contributed by atoms with E-state index in [1.165, 1.54) is 0 Å². The van der Waals surface area contributed by atoms with Gasteiger partial charge in [0, 0.05) is 32.5 Å². The molecule has 1 aromatic rings. The molecule has 2 aliphatic rings. The van der Waals surface area contributed by atoms with Crippen molar-refractivity contribution < 1.29 is 14.3 Å². The van der Waals surface area contributed by atoms with Crippen molar-refractivity contribution in [2.75, 3.05) is 26.8 Å². The van der Waals surface area contributed by atoms with E-state index in [0.717, 1.165) is 49.1 Å². The highest BCUT2D eigenvalue weighted by molar-refractivity contribution is 5.95. The van der Waals surface area contributed by atoms with Crippen LogP contribution in [-0.2, 0) is 9.47 Å². The maximum absolute atomic E-state index is 13.0. The average Bonchev–Trinajstić information content (AvgIpc) is 2.61. The molecule has 1 spiro atoms. The Morgan fingerprint density at radius 3 is 2.56 bits per heavy atom. The van der Waals surface area contributed by atoms with Crippen molar-refractivity contribution in [2.24, 2.45) is 0 Å². The highest BCUT2D eigenvalue weighted by atomic mass is 16.5. The lowest BCUT2D eigenvalue weighted by Crippen LogP contribution is -2.57. The highest BCUT2D eigenvalue weighted by Crippen LogP contribution is 2.37. The summed E-state index contributed by atoms with van der Waals surface area (Å²) in [5, 5.41) is 0. The number of aryl methyl sites for hydroxylation is 1. The highest BCUT2D eigenvalue weighted by Gasteiger charge is 2.45. The van der Waals surface area contributed by atoms with Gasteiger partial charge in [-0.3, -0.25) is 9.59 Å². The number of methoxy groups -OCH3 is 1. The third-order valence-corrected chi connectivity index (χ3v) is 6.01. The molecule has 0 saturated carbocycles. The zero-order chi connectivity index (χ0) is 18.2. The van der Waals surface area contributed by atoms with E-state index in [1.807, 2.05) is 20.8 Å². The summed E-state index contributed by atoms with van der Waals surface area (Å²) in [6.07, 6.45) is 3.60. The summed E-state index contributed by atoms with van der Waals surface area (Å²) in [6.45, 7) is 7.57. The summed E-state index contributed by atoms with van der Waals surface area (Å²) < 4.78 is 11.7. The molecule has 2 fully saturated rings. The van der Waals surface area contributed by atoms with Crippen molar-refractivity contribution in [2.45, 2.75) is 58.2 Å². The number of hydrogen-bond acceptors (Lipinski definition) is 4. The number of hydrogen-bond donors (Lipinski definition) is 1. The lowest BCUT2D eigenvalue weighted by Gasteiger charge is -2.48. The van der Waals surface area contributed by atoms with Crippen molar-refractivity contribution in [3.63, 3.8) is 0 Å². The number of carbonyl (C=O) groups excluding carboxylic acids is 1. The molecule has 2 aliphatic heterocycles. The van der Waals surface area contributed by atoms with Crippen LogP contribution in [0.4, 0.5) is 0 Å². The Balaban J connectivity index is 1.79. The fourth-order valence-electron chi connectivity index (χ4n) is 4.17. The number of aromatic amines is 1. The molecule has 1 amide bonds. The summed E-state index contributed by atoms with van der Waals surface area (Å²) in [7, 11) is 1.73. The zero-order valence-electron chi connectivity index (χ0n) is 15.6. The predicted molar refractivity (Wildman–Crippen MR) is 95.1 cm³/mol. The largest absolute Gasteiger partial charge is 0.378 e. The first-order chi connectivity index (χ1) is 11.9. The van der Waals surface area contributed by atoms with E-state index in [0.29, 0.717) is 13.1 Å². The fourth-order valence-corrected chi connectivity index (χ4v) is 4.17. The number of piperidine rings is 1. The van der Waals surface area contributed by atoms with Gasteiger partial charge in [0.25, 0.3) is 11.5 Å². The van der Waals surface area contributed by atoms with E-state index in [9.17, 15) is 9.59 Å². The number of H-pyrrole nitrogens is 1. The van der Waals surface area contributed by atoms with Gasteiger partial charge >= 0.3 is 0 Å². The zero-order valence-corrected chi connectivity index (χ0v) is 15.6. The molecule has 1 N–H and O–H groups in total. The molecular formula is C19H28N2O4. The van der Waals surface area contributed by atoms with E-state index in [2.05, 4.69) is 4.98 Å². The Morgan fingerprint density at radius 2 is 1.92 bits per heavy atom. The topological polar surface area (TPSA) is 71.6 Å². The van der Waals surface area contributed by atoms with Crippen LogP contribution in [0.25, 0.3) is 0 Å². The second-order valence-corrected chi connectivity index (χ2v) is 7.28. The van der Waals surface area contributed by atoms with Crippen LogP contribution in [0.1, 0.15) is 52.9 Å². The number of rotatable bonds is 2. The molecule has 1 unspecified atom stereocenters. The number of nitrogens with zero attached hydrogens (tertiary/aromatic N) is 1. The standard InChI is InChI=1S/C19H28N2O4/c1-12-13(2)16(17(22)20-14(12)3)18(23)21-9-7-19(8-10-21)15(24-4)6-5-11-25-19/h15H,5-11H2,1-4H3,(H,20,22). The van der Waals surface area contributed by atoms with Gasteiger partial charge in [-0.05, 0) is 57.6 Å². The maximum atomic E-state index is 13.0. The van der Waals surface area contributed by atoms with Gasteiger partial charge in [-0.1, -0.05) is 0 Å². The van der Waals surface area contributed by atoms with Gasteiger partial charge in [0.15, 0.2) is 0 Å². The molecule has 1 aromatic heterocycles. The van der Waals surface area contributed by atoms with Crippen molar-refractivity contribution in [1.29, 1.82) is 0 Å². The van der Waals surface area contributed by atoms with E-state index < -0.39 is 0 Å². The van der Waals surface area contributed by atoms with Gasteiger partial charge in [-0.15, -0.1) is 0 Å². The van der Waals surface area contributed by atoms with Crippen LogP contribution in [0.15, 0.2) is 4.79 Å². The Labute approximate surface area is 148 Å². The summed E-state index contributed by atoms with van der Waals surface area (Å²) >= 11 is 0. The Hall–Kier alpha value is -1.66. The minimum atomic E-state index is -0.297. The number of likely N-dealkylation sites (tertiary alicyclic amines) is 1. The summed E-state index contributed by atoms with van der Waals surface area (Å²) in [5.74, 6) is -0.179. The minimum Gasteiger partial charge on any atom is -0.378 e. The monoisotopic (exact) mass is 348 g/mol. The number of aromatic nitrogens is 1. The van der Waals surface area contributed by atoms with Gasteiger partial charge in [-0.2, -0.15) is 0 Å². The van der Waals surface area contributed by atoms with E-state index in [4.69, 9.17) is 9.47 Å². The molecule has 2 saturated heterocycles. The fraction of sp³-hybridized carbons (Fsp3) is 0.684. The van der Waals surface area contributed by atoms with Crippen molar-refractivity contribution in [1.82, 2.24) is 9.88 Å².